The van der Waals surface area contributed by atoms with Crippen molar-refractivity contribution < 1.29 is 4.79 Å². The summed E-state index contributed by atoms with van der Waals surface area (Å²) in [6.45, 7) is 6.41. The number of likely N-dealkylation sites (tertiary alicyclic amines) is 1. The Balaban J connectivity index is 0.00000242. The summed E-state index contributed by atoms with van der Waals surface area (Å²) in [4.78, 5) is 14.5. The van der Waals surface area contributed by atoms with Crippen molar-refractivity contribution in [3.63, 3.8) is 0 Å². The van der Waals surface area contributed by atoms with E-state index in [2.05, 4.69) is 17.1 Å². The first-order valence-electron chi connectivity index (χ1n) is 7.05. The van der Waals surface area contributed by atoms with Gasteiger partial charge in [0.15, 0.2) is 0 Å². The minimum atomic E-state index is -0.228. The third kappa shape index (κ3) is 4.27. The molecule has 1 aromatic rings. The van der Waals surface area contributed by atoms with E-state index in [1.54, 1.807) is 18.2 Å². The second-order valence-electron chi connectivity index (χ2n) is 6.00. The van der Waals surface area contributed by atoms with Gasteiger partial charge in [-0.05, 0) is 44.0 Å². The van der Waals surface area contributed by atoms with E-state index in [4.69, 9.17) is 28.9 Å². The molecule has 1 aliphatic rings. The fourth-order valence-electron chi connectivity index (χ4n) is 2.56. The molecule has 0 aliphatic carbocycles. The molecule has 0 radical (unpaired) electrons. The number of carbonyl (C=O) groups is 1. The maximum absolute atomic E-state index is 12.4. The number of nitrogens with zero attached hydrogens (tertiary/aromatic N) is 1. The molecule has 1 aromatic carbocycles. The molecule has 2 unspecified atom stereocenters. The molecule has 0 saturated carbocycles. The van der Waals surface area contributed by atoms with Gasteiger partial charge in [-0.1, -0.05) is 36.2 Å². The van der Waals surface area contributed by atoms with Gasteiger partial charge in [0.05, 0.1) is 21.8 Å². The number of nitrogens with one attached hydrogen (secondary N) is 1. The first-order chi connectivity index (χ1) is 9.86. The summed E-state index contributed by atoms with van der Waals surface area (Å²) in [5.41, 5.74) is 6.45. The van der Waals surface area contributed by atoms with Crippen molar-refractivity contribution in [3.8, 4) is 0 Å². The van der Waals surface area contributed by atoms with Crippen molar-refractivity contribution in [1.82, 2.24) is 4.90 Å². The van der Waals surface area contributed by atoms with Crippen LogP contribution in [0.5, 0.6) is 0 Å². The van der Waals surface area contributed by atoms with Crippen LogP contribution in [0.25, 0.3) is 0 Å². The topological polar surface area (TPSA) is 58.4 Å². The quantitative estimate of drug-likeness (QED) is 0.858. The highest BCUT2D eigenvalue weighted by Crippen LogP contribution is 2.32. The van der Waals surface area contributed by atoms with Gasteiger partial charge in [-0.3, -0.25) is 9.69 Å². The van der Waals surface area contributed by atoms with E-state index in [-0.39, 0.29) is 29.8 Å². The number of rotatable bonds is 4. The number of anilines is 1. The summed E-state index contributed by atoms with van der Waals surface area (Å²) >= 11 is 12.0. The highest BCUT2D eigenvalue weighted by molar-refractivity contribution is 6.44. The van der Waals surface area contributed by atoms with E-state index in [9.17, 15) is 4.79 Å². The lowest BCUT2D eigenvalue weighted by molar-refractivity contribution is -0.120. The van der Waals surface area contributed by atoms with Crippen LogP contribution in [-0.2, 0) is 4.79 Å². The molecule has 1 saturated heterocycles. The zero-order valence-corrected chi connectivity index (χ0v) is 15.1. The molecule has 2 atom stereocenters. The smallest absolute Gasteiger partial charge is 0.241 e. The maximum atomic E-state index is 12.4. The van der Waals surface area contributed by atoms with Gasteiger partial charge in [0.2, 0.25) is 5.91 Å². The molecule has 1 heterocycles. The van der Waals surface area contributed by atoms with Crippen molar-refractivity contribution in [2.75, 3.05) is 25.0 Å². The third-order valence-electron chi connectivity index (χ3n) is 4.22. The molecule has 4 nitrogen and oxygen atoms in total. The molecule has 1 fully saturated rings. The van der Waals surface area contributed by atoms with Gasteiger partial charge in [0.1, 0.15) is 0 Å². The Labute approximate surface area is 147 Å². The van der Waals surface area contributed by atoms with Crippen LogP contribution < -0.4 is 11.1 Å². The van der Waals surface area contributed by atoms with Crippen LogP contribution in [0.3, 0.4) is 0 Å². The summed E-state index contributed by atoms with van der Waals surface area (Å²) < 4.78 is 0. The molecule has 124 valence electrons. The number of hydrogen-bond donors (Lipinski definition) is 2. The highest BCUT2D eigenvalue weighted by atomic mass is 35.5. The monoisotopic (exact) mass is 365 g/mol. The predicted octanol–water partition coefficient (Wildman–Crippen LogP) is 3.41. The number of nitrogens with two attached hydrogens (primary N) is 1. The number of halogens is 3. The molecular formula is C15H22Cl3N3O. The van der Waals surface area contributed by atoms with Gasteiger partial charge in [-0.2, -0.15) is 0 Å². The Hall–Kier alpha value is -0.520. The van der Waals surface area contributed by atoms with Crippen molar-refractivity contribution in [1.29, 1.82) is 0 Å². The summed E-state index contributed by atoms with van der Waals surface area (Å²) in [5, 5.41) is 3.64. The summed E-state index contributed by atoms with van der Waals surface area (Å²) in [6.07, 6.45) is 1.01. The first-order valence-corrected chi connectivity index (χ1v) is 7.81. The summed E-state index contributed by atoms with van der Waals surface area (Å²) in [7, 11) is 0. The molecule has 7 heteroatoms. The molecule has 1 amide bonds. The van der Waals surface area contributed by atoms with Crippen molar-refractivity contribution in [2.45, 2.75) is 26.3 Å². The SMILES string of the molecule is CC(C(=O)Nc1cccc(Cl)c1Cl)N1CCC(C)(CN)C1.Cl. The van der Waals surface area contributed by atoms with Crippen LogP contribution >= 0.6 is 35.6 Å². The van der Waals surface area contributed by atoms with E-state index in [0.717, 1.165) is 19.5 Å². The Morgan fingerprint density at radius 2 is 2.18 bits per heavy atom. The summed E-state index contributed by atoms with van der Waals surface area (Å²) in [6, 6.07) is 4.96. The average Bonchev–Trinajstić information content (AvgIpc) is 2.86. The van der Waals surface area contributed by atoms with E-state index < -0.39 is 0 Å². The van der Waals surface area contributed by atoms with Crippen LogP contribution in [0.1, 0.15) is 20.3 Å². The molecule has 22 heavy (non-hydrogen) atoms. The van der Waals surface area contributed by atoms with Crippen LogP contribution in [0.15, 0.2) is 18.2 Å². The lowest BCUT2D eigenvalue weighted by Crippen LogP contribution is -2.42. The number of carbonyl (C=O) groups excluding carboxylic acids is 1. The highest BCUT2D eigenvalue weighted by Gasteiger charge is 2.36. The van der Waals surface area contributed by atoms with Crippen LogP contribution in [-0.4, -0.2) is 36.5 Å². The lowest BCUT2D eigenvalue weighted by Gasteiger charge is -2.26. The molecule has 3 N–H and O–H groups in total. The van der Waals surface area contributed by atoms with E-state index in [0.29, 0.717) is 22.3 Å². The summed E-state index contributed by atoms with van der Waals surface area (Å²) in [5.74, 6) is -0.0829. The van der Waals surface area contributed by atoms with E-state index in [1.165, 1.54) is 0 Å². The predicted molar refractivity (Wildman–Crippen MR) is 95.2 cm³/mol. The van der Waals surface area contributed by atoms with Gasteiger partial charge in [0.25, 0.3) is 0 Å². The number of hydrogen-bond acceptors (Lipinski definition) is 3. The fourth-order valence-corrected chi connectivity index (χ4v) is 2.91. The molecular weight excluding hydrogens is 345 g/mol. The van der Waals surface area contributed by atoms with Gasteiger partial charge in [-0.25, -0.2) is 0 Å². The van der Waals surface area contributed by atoms with Gasteiger partial charge in [-0.15, -0.1) is 12.4 Å². The fraction of sp³-hybridized carbons (Fsp3) is 0.533. The Kier molecular flexibility index (Phi) is 6.96. The first kappa shape index (κ1) is 19.5. The number of amides is 1. The number of benzene rings is 1. The maximum Gasteiger partial charge on any atom is 0.241 e. The molecule has 1 aliphatic heterocycles. The zero-order valence-electron chi connectivity index (χ0n) is 12.7. The average molecular weight is 367 g/mol. The second-order valence-corrected chi connectivity index (χ2v) is 6.79. The minimum absolute atomic E-state index is 0. The molecule has 0 bridgehead atoms. The zero-order chi connectivity index (χ0) is 15.6. The second kappa shape index (κ2) is 7.84. The van der Waals surface area contributed by atoms with E-state index >= 15 is 0 Å². The Bertz CT molecular complexity index is 541. The molecule has 0 aromatic heterocycles. The van der Waals surface area contributed by atoms with Crippen LogP contribution in [0.2, 0.25) is 10.0 Å². The van der Waals surface area contributed by atoms with Gasteiger partial charge in [0, 0.05) is 6.54 Å². The Morgan fingerprint density at radius 1 is 1.50 bits per heavy atom. The van der Waals surface area contributed by atoms with Gasteiger partial charge < -0.3 is 11.1 Å². The molecule has 2 rings (SSSR count). The Morgan fingerprint density at radius 3 is 2.77 bits per heavy atom. The van der Waals surface area contributed by atoms with Gasteiger partial charge >= 0.3 is 0 Å². The van der Waals surface area contributed by atoms with Crippen molar-refractivity contribution >= 4 is 47.2 Å². The normalized spacial score (nSPS) is 23.0. The van der Waals surface area contributed by atoms with Crippen molar-refractivity contribution in [3.05, 3.63) is 28.2 Å². The minimum Gasteiger partial charge on any atom is -0.330 e. The van der Waals surface area contributed by atoms with E-state index in [1.807, 2.05) is 6.92 Å². The standard InChI is InChI=1S/C15H21Cl2N3O.ClH/c1-10(20-7-6-15(2,8-18)9-20)14(21)19-12-5-3-4-11(16)13(12)17;/h3-5,10H,6-9,18H2,1-2H3,(H,19,21);1H. The largest absolute Gasteiger partial charge is 0.330 e. The van der Waals surface area contributed by atoms with Crippen molar-refractivity contribution in [2.24, 2.45) is 11.1 Å². The van der Waals surface area contributed by atoms with Crippen LogP contribution in [0, 0.1) is 5.41 Å². The molecule has 0 spiro atoms. The lowest BCUT2D eigenvalue weighted by atomic mass is 9.90. The van der Waals surface area contributed by atoms with Crippen LogP contribution in [0.4, 0.5) is 5.69 Å². The third-order valence-corrected chi connectivity index (χ3v) is 5.04.